The lowest BCUT2D eigenvalue weighted by Crippen LogP contribution is -2.52. The highest BCUT2D eigenvalue weighted by Crippen LogP contribution is 2.28. The molecule has 9 heteroatoms. The summed E-state index contributed by atoms with van der Waals surface area (Å²) in [6, 6.07) is 30.7. The molecule has 0 aliphatic heterocycles. The van der Waals surface area contributed by atoms with Crippen LogP contribution in [0.25, 0.3) is 0 Å². The normalized spacial score (nSPS) is 11.9. The average Bonchev–Trinajstić information content (AvgIpc) is 3.04. The third-order valence-electron chi connectivity index (χ3n) is 7.26. The van der Waals surface area contributed by atoms with E-state index in [0.29, 0.717) is 30.2 Å². The number of para-hydroxylation sites is 1. The Hall–Kier alpha value is -4.63. The molecule has 0 unspecified atom stereocenters. The van der Waals surface area contributed by atoms with Crippen LogP contribution in [0, 0.1) is 12.8 Å². The van der Waals surface area contributed by atoms with Gasteiger partial charge in [0.05, 0.1) is 10.6 Å². The van der Waals surface area contributed by atoms with E-state index in [1.165, 1.54) is 17.0 Å². The maximum absolute atomic E-state index is 14.2. The fourth-order valence-corrected chi connectivity index (χ4v) is 6.22. The van der Waals surface area contributed by atoms with Crippen molar-refractivity contribution in [1.29, 1.82) is 0 Å². The predicted molar refractivity (Wildman–Crippen MR) is 178 cm³/mol. The highest BCUT2D eigenvalue weighted by molar-refractivity contribution is 7.92. The molecule has 0 aliphatic rings. The molecule has 8 nitrogen and oxygen atoms in total. The molecule has 45 heavy (non-hydrogen) atoms. The molecule has 4 aromatic rings. The number of rotatable bonds is 14. The molecule has 0 saturated carbocycles. The summed E-state index contributed by atoms with van der Waals surface area (Å²) >= 11 is 0. The van der Waals surface area contributed by atoms with Gasteiger partial charge < -0.3 is 15.0 Å². The number of amides is 2. The Morgan fingerprint density at radius 2 is 1.38 bits per heavy atom. The van der Waals surface area contributed by atoms with Crippen molar-refractivity contribution in [2.45, 2.75) is 51.6 Å². The number of aryl methyl sites for hydroxylation is 1. The smallest absolute Gasteiger partial charge is 0.264 e. The highest BCUT2D eigenvalue weighted by Gasteiger charge is 2.33. The van der Waals surface area contributed by atoms with Gasteiger partial charge in [0.2, 0.25) is 11.8 Å². The van der Waals surface area contributed by atoms with Gasteiger partial charge in [-0.3, -0.25) is 13.9 Å². The lowest BCUT2D eigenvalue weighted by Gasteiger charge is -2.33. The van der Waals surface area contributed by atoms with Crippen molar-refractivity contribution in [2.24, 2.45) is 5.92 Å². The molecule has 0 bridgehead atoms. The molecule has 0 heterocycles. The van der Waals surface area contributed by atoms with E-state index < -0.39 is 28.5 Å². The second kappa shape index (κ2) is 15.4. The van der Waals surface area contributed by atoms with Crippen molar-refractivity contribution in [3.8, 4) is 11.5 Å². The molecule has 0 spiro atoms. The third-order valence-corrected chi connectivity index (χ3v) is 9.05. The number of carbonyl (C=O) groups is 2. The summed E-state index contributed by atoms with van der Waals surface area (Å²) in [6.07, 6.45) is 0.360. The van der Waals surface area contributed by atoms with Crippen molar-refractivity contribution >= 4 is 27.5 Å². The van der Waals surface area contributed by atoms with E-state index in [2.05, 4.69) is 5.32 Å². The van der Waals surface area contributed by atoms with Gasteiger partial charge in [0.15, 0.2) is 0 Å². The minimum absolute atomic E-state index is 0.0502. The molecular weight excluding hydrogens is 586 g/mol. The average molecular weight is 628 g/mol. The lowest BCUT2D eigenvalue weighted by atomic mass is 10.1. The number of ether oxygens (including phenoxy) is 1. The Morgan fingerprint density at radius 1 is 0.800 bits per heavy atom. The molecule has 0 radical (unpaired) electrons. The first-order chi connectivity index (χ1) is 21.6. The first-order valence-corrected chi connectivity index (χ1v) is 16.6. The quantitative estimate of drug-likeness (QED) is 0.171. The summed E-state index contributed by atoms with van der Waals surface area (Å²) in [5.41, 5.74) is 2.20. The van der Waals surface area contributed by atoms with Gasteiger partial charge >= 0.3 is 0 Å². The zero-order valence-corrected chi connectivity index (χ0v) is 27.0. The van der Waals surface area contributed by atoms with Crippen LogP contribution < -0.4 is 14.4 Å². The van der Waals surface area contributed by atoms with Gasteiger partial charge in [-0.05, 0) is 73.4 Å². The van der Waals surface area contributed by atoms with Crippen molar-refractivity contribution in [3.05, 3.63) is 120 Å². The second-order valence-electron chi connectivity index (χ2n) is 11.3. The number of hydrogen-bond acceptors (Lipinski definition) is 5. The van der Waals surface area contributed by atoms with E-state index in [1.807, 2.05) is 82.3 Å². The van der Waals surface area contributed by atoms with Gasteiger partial charge in [0.25, 0.3) is 10.0 Å². The molecule has 1 N–H and O–H groups in total. The van der Waals surface area contributed by atoms with Crippen LogP contribution in [-0.4, -0.2) is 44.3 Å². The molecule has 4 rings (SSSR count). The number of nitrogens with zero attached hydrogens (tertiary/aromatic N) is 2. The largest absolute Gasteiger partial charge is 0.457 e. The topological polar surface area (TPSA) is 96.0 Å². The minimum atomic E-state index is -4.16. The van der Waals surface area contributed by atoms with Crippen LogP contribution in [0.15, 0.2) is 114 Å². The van der Waals surface area contributed by atoms with Gasteiger partial charge in [-0.25, -0.2) is 8.42 Å². The molecule has 0 aromatic heterocycles. The highest BCUT2D eigenvalue weighted by atomic mass is 32.2. The molecular formula is C36H41N3O5S. The molecule has 0 fully saturated rings. The minimum Gasteiger partial charge on any atom is -0.457 e. The van der Waals surface area contributed by atoms with E-state index in [-0.39, 0.29) is 23.3 Å². The second-order valence-corrected chi connectivity index (χ2v) is 13.2. The summed E-state index contributed by atoms with van der Waals surface area (Å²) in [5.74, 6) is 0.621. The van der Waals surface area contributed by atoms with Gasteiger partial charge in [-0.2, -0.15) is 0 Å². The zero-order chi connectivity index (χ0) is 32.4. The van der Waals surface area contributed by atoms with Gasteiger partial charge in [0.1, 0.15) is 24.1 Å². The van der Waals surface area contributed by atoms with E-state index in [4.69, 9.17) is 4.74 Å². The van der Waals surface area contributed by atoms with Crippen LogP contribution in [0.4, 0.5) is 5.69 Å². The summed E-state index contributed by atoms with van der Waals surface area (Å²) < 4.78 is 35.1. The Balaban J connectivity index is 1.70. The van der Waals surface area contributed by atoms with Crippen LogP contribution >= 0.6 is 0 Å². The molecule has 1 atom stereocenters. The Kier molecular flexibility index (Phi) is 11.4. The summed E-state index contributed by atoms with van der Waals surface area (Å²) in [5, 5.41) is 2.95. The maximum Gasteiger partial charge on any atom is 0.264 e. The van der Waals surface area contributed by atoms with Gasteiger partial charge in [-0.1, -0.05) is 87.0 Å². The monoisotopic (exact) mass is 627 g/mol. The van der Waals surface area contributed by atoms with Crippen molar-refractivity contribution in [2.75, 3.05) is 17.4 Å². The number of hydrogen-bond donors (Lipinski definition) is 1. The van der Waals surface area contributed by atoms with Crippen LogP contribution in [0.2, 0.25) is 0 Å². The molecule has 0 aliphatic carbocycles. The Morgan fingerprint density at radius 3 is 1.96 bits per heavy atom. The van der Waals surface area contributed by atoms with Gasteiger partial charge in [-0.15, -0.1) is 0 Å². The van der Waals surface area contributed by atoms with Crippen LogP contribution in [0.5, 0.6) is 11.5 Å². The van der Waals surface area contributed by atoms with E-state index >= 15 is 0 Å². The van der Waals surface area contributed by atoms with Crippen molar-refractivity contribution in [1.82, 2.24) is 10.2 Å². The molecule has 236 valence electrons. The zero-order valence-electron chi connectivity index (χ0n) is 26.2. The number of benzene rings is 4. The Bertz CT molecular complexity index is 1640. The number of nitrogens with one attached hydrogen (secondary N) is 1. The number of carbonyl (C=O) groups excluding carboxylic acids is 2. The molecule has 0 saturated heterocycles. The third kappa shape index (κ3) is 8.95. The van der Waals surface area contributed by atoms with E-state index in [0.717, 1.165) is 15.4 Å². The first-order valence-electron chi connectivity index (χ1n) is 15.1. The fraction of sp³-hybridized carbons (Fsp3) is 0.278. The fourth-order valence-electron chi connectivity index (χ4n) is 4.79. The van der Waals surface area contributed by atoms with Gasteiger partial charge in [0, 0.05) is 13.1 Å². The SMILES string of the molecule is CC[C@H](C(=O)NCC(C)C)N(Cc1ccc(C)cc1)C(=O)CN(c1ccc(Oc2ccccc2)cc1)S(=O)(=O)c1ccccc1. The number of sulfonamides is 1. The standard InChI is InChI=1S/C36H41N3O5S/c1-5-34(36(41)37-24-27(2)3)38(25-29-18-16-28(4)17-19-29)35(40)26-39(45(42,43)33-14-10-7-11-15-33)30-20-22-32(23-21-30)44-31-12-8-6-9-13-31/h6-23,27,34H,5,24-26H2,1-4H3,(H,37,41)/t34-/m1/s1. The van der Waals surface area contributed by atoms with E-state index in [9.17, 15) is 18.0 Å². The Labute approximate surface area is 266 Å². The van der Waals surface area contributed by atoms with Crippen LogP contribution in [-0.2, 0) is 26.2 Å². The van der Waals surface area contributed by atoms with Crippen LogP contribution in [0.3, 0.4) is 0 Å². The predicted octanol–water partition coefficient (Wildman–Crippen LogP) is 6.56. The first kappa shape index (κ1) is 33.3. The van der Waals surface area contributed by atoms with Crippen molar-refractivity contribution < 1.29 is 22.7 Å². The summed E-state index contributed by atoms with van der Waals surface area (Å²) in [7, 11) is -4.16. The van der Waals surface area contributed by atoms with E-state index in [1.54, 1.807) is 42.5 Å². The summed E-state index contributed by atoms with van der Waals surface area (Å²) in [6.45, 7) is 7.93. The molecule has 2 amide bonds. The molecule has 4 aromatic carbocycles. The number of anilines is 1. The van der Waals surface area contributed by atoms with Crippen LogP contribution in [0.1, 0.15) is 38.3 Å². The maximum atomic E-state index is 14.2. The van der Waals surface area contributed by atoms with Crippen molar-refractivity contribution in [3.63, 3.8) is 0 Å². The lowest BCUT2D eigenvalue weighted by molar-refractivity contribution is -0.140. The summed E-state index contributed by atoms with van der Waals surface area (Å²) in [4.78, 5) is 29.2.